The van der Waals surface area contributed by atoms with Crippen molar-refractivity contribution in [3.63, 3.8) is 0 Å². The van der Waals surface area contributed by atoms with Gasteiger partial charge in [-0.15, -0.1) is 0 Å². The number of para-hydroxylation sites is 1. The van der Waals surface area contributed by atoms with Crippen LogP contribution in [0.1, 0.15) is 12.5 Å². The Morgan fingerprint density at radius 1 is 1.12 bits per heavy atom. The summed E-state index contributed by atoms with van der Waals surface area (Å²) in [5.41, 5.74) is 3.92. The fraction of sp³-hybridized carbons (Fsp3) is 0.333. The van der Waals surface area contributed by atoms with Crippen molar-refractivity contribution in [3.05, 3.63) is 60.2 Å². The number of fused-ring (bicyclic) bond motifs is 1. The van der Waals surface area contributed by atoms with Crippen LogP contribution in [0.3, 0.4) is 0 Å². The van der Waals surface area contributed by atoms with Crippen LogP contribution in [0.2, 0.25) is 0 Å². The zero-order valence-electron chi connectivity index (χ0n) is 15.0. The van der Waals surface area contributed by atoms with Gasteiger partial charge < -0.3 is 15.1 Å². The van der Waals surface area contributed by atoms with E-state index < -0.39 is 0 Å². The van der Waals surface area contributed by atoms with Crippen LogP contribution in [0.15, 0.2) is 59.5 Å². The van der Waals surface area contributed by atoms with Gasteiger partial charge in [-0.2, -0.15) is 0 Å². The van der Waals surface area contributed by atoms with E-state index in [9.17, 15) is 0 Å². The van der Waals surface area contributed by atoms with Crippen molar-refractivity contribution < 1.29 is 0 Å². The lowest BCUT2D eigenvalue weighted by Crippen LogP contribution is -2.43. The zero-order valence-corrected chi connectivity index (χ0v) is 18.0. The van der Waals surface area contributed by atoms with Crippen LogP contribution >= 0.6 is 34.4 Å². The maximum atomic E-state index is 3.41. The number of nitrogens with one attached hydrogen (secondary N) is 1. The van der Waals surface area contributed by atoms with Crippen molar-refractivity contribution in [1.82, 2.24) is 5.32 Å². The van der Waals surface area contributed by atoms with E-state index in [2.05, 4.69) is 105 Å². The molecule has 5 heteroatoms. The van der Waals surface area contributed by atoms with Crippen LogP contribution in [0, 0.1) is 0 Å². The largest absolute Gasteiger partial charge is 0.369 e. The van der Waals surface area contributed by atoms with Crippen molar-refractivity contribution >= 4 is 51.8 Å². The van der Waals surface area contributed by atoms with Gasteiger partial charge >= 0.3 is 0 Å². The molecular formula is C21H24IN3S. The molecule has 1 saturated heterocycles. The number of likely N-dealkylation sites (N-methyl/N-ethyl adjacent to an activating group) is 1. The Labute approximate surface area is 174 Å². The van der Waals surface area contributed by atoms with Gasteiger partial charge in [0.25, 0.3) is 0 Å². The molecule has 0 radical (unpaired) electrons. The number of rotatable bonds is 4. The third-order valence-corrected chi connectivity index (χ3v) is 7.76. The molecule has 2 aromatic carbocycles. The van der Waals surface area contributed by atoms with Crippen molar-refractivity contribution in [2.24, 2.45) is 0 Å². The number of hydrogen-bond donors (Lipinski definition) is 1. The Bertz CT molecular complexity index is 786. The molecule has 0 spiro atoms. The van der Waals surface area contributed by atoms with Gasteiger partial charge in [0.15, 0.2) is 2.88 Å². The third-order valence-electron chi connectivity index (χ3n) is 4.95. The van der Waals surface area contributed by atoms with Gasteiger partial charge in [0.2, 0.25) is 0 Å². The van der Waals surface area contributed by atoms with E-state index in [0.29, 0.717) is 0 Å². The Morgan fingerprint density at radius 3 is 2.58 bits per heavy atom. The molecule has 1 N–H and O–H groups in total. The minimum atomic E-state index is -0.0621. The van der Waals surface area contributed by atoms with E-state index in [1.807, 2.05) is 11.8 Å². The molecule has 2 aromatic rings. The highest BCUT2D eigenvalue weighted by Gasteiger charge is 2.39. The lowest BCUT2D eigenvalue weighted by atomic mass is 10.1. The van der Waals surface area contributed by atoms with Crippen molar-refractivity contribution in [3.8, 4) is 0 Å². The Morgan fingerprint density at radius 2 is 1.85 bits per heavy atom. The average Bonchev–Trinajstić information content (AvgIpc) is 2.99. The average molecular weight is 477 g/mol. The lowest BCUT2D eigenvalue weighted by Gasteiger charge is -2.31. The minimum Gasteiger partial charge on any atom is -0.369 e. The first-order chi connectivity index (χ1) is 12.7. The molecule has 2 heterocycles. The van der Waals surface area contributed by atoms with Gasteiger partial charge in [0.1, 0.15) is 0 Å². The molecule has 0 bridgehead atoms. The van der Waals surface area contributed by atoms with E-state index in [-0.39, 0.29) is 2.88 Å². The summed E-state index contributed by atoms with van der Waals surface area (Å²) >= 11 is 4.51. The Balaban J connectivity index is 1.50. The summed E-state index contributed by atoms with van der Waals surface area (Å²) in [6.45, 7) is 7.55. The molecule has 0 aliphatic carbocycles. The molecule has 26 heavy (non-hydrogen) atoms. The fourth-order valence-corrected chi connectivity index (χ4v) is 6.27. The summed E-state index contributed by atoms with van der Waals surface area (Å²) in [5, 5.41) is 3.41. The van der Waals surface area contributed by atoms with Crippen LogP contribution in [0.4, 0.5) is 11.4 Å². The number of anilines is 2. The molecular weight excluding hydrogens is 453 g/mol. The number of nitrogens with zero attached hydrogens (tertiary/aromatic N) is 2. The highest BCUT2D eigenvalue weighted by atomic mass is 127. The summed E-state index contributed by atoms with van der Waals surface area (Å²) in [6, 6.07) is 17.7. The predicted octanol–water partition coefficient (Wildman–Crippen LogP) is 4.83. The number of benzene rings is 2. The predicted molar refractivity (Wildman–Crippen MR) is 123 cm³/mol. The van der Waals surface area contributed by atoms with Gasteiger partial charge in [-0.3, -0.25) is 0 Å². The van der Waals surface area contributed by atoms with Crippen molar-refractivity contribution in [2.45, 2.75) is 14.7 Å². The Kier molecular flexibility index (Phi) is 5.47. The molecule has 1 unspecified atom stereocenters. The summed E-state index contributed by atoms with van der Waals surface area (Å²) in [7, 11) is 0. The molecule has 136 valence electrons. The van der Waals surface area contributed by atoms with Gasteiger partial charge in [0.05, 0.1) is 5.69 Å². The van der Waals surface area contributed by atoms with E-state index >= 15 is 0 Å². The first-order valence-electron chi connectivity index (χ1n) is 9.19. The van der Waals surface area contributed by atoms with E-state index in [1.54, 1.807) is 0 Å². The second-order valence-corrected chi connectivity index (χ2v) is 10.2. The second kappa shape index (κ2) is 7.82. The second-order valence-electron chi connectivity index (χ2n) is 6.58. The van der Waals surface area contributed by atoms with Gasteiger partial charge in [0, 0.05) is 43.3 Å². The van der Waals surface area contributed by atoms with Crippen LogP contribution < -0.4 is 15.1 Å². The normalized spacial score (nSPS) is 22.8. The van der Waals surface area contributed by atoms with Gasteiger partial charge in [-0.1, -0.05) is 42.1 Å². The van der Waals surface area contributed by atoms with Crippen molar-refractivity contribution in [1.29, 1.82) is 0 Å². The summed E-state index contributed by atoms with van der Waals surface area (Å²) in [5.74, 6) is 0. The van der Waals surface area contributed by atoms with E-state index in [0.717, 1.165) is 32.7 Å². The molecule has 3 nitrogen and oxygen atoms in total. The summed E-state index contributed by atoms with van der Waals surface area (Å²) in [4.78, 5) is 6.29. The topological polar surface area (TPSA) is 18.5 Å². The number of hydrogen-bond acceptors (Lipinski definition) is 4. The van der Waals surface area contributed by atoms with Crippen LogP contribution in [0.25, 0.3) is 6.08 Å². The molecule has 0 amide bonds. The molecule has 1 atom stereocenters. The minimum absolute atomic E-state index is 0.0621. The molecule has 0 saturated carbocycles. The third kappa shape index (κ3) is 3.62. The number of piperazine rings is 1. The number of alkyl halides is 1. The van der Waals surface area contributed by atoms with Crippen LogP contribution in [0.5, 0.6) is 0 Å². The molecule has 1 fully saturated rings. The monoisotopic (exact) mass is 477 g/mol. The molecule has 4 rings (SSSR count). The highest BCUT2D eigenvalue weighted by molar-refractivity contribution is 14.1. The van der Waals surface area contributed by atoms with E-state index in [4.69, 9.17) is 0 Å². The quantitative estimate of drug-likeness (QED) is 0.386. The fourth-order valence-electron chi connectivity index (χ4n) is 3.57. The lowest BCUT2D eigenvalue weighted by molar-refractivity contribution is 0.589. The molecule has 2 aliphatic rings. The Hall–Kier alpha value is -1.18. The maximum absolute atomic E-state index is 3.41. The molecule has 0 aromatic heterocycles. The van der Waals surface area contributed by atoms with Gasteiger partial charge in [-0.05, 0) is 65.4 Å². The summed E-state index contributed by atoms with van der Waals surface area (Å²) < 4.78 is -0.0621. The zero-order chi connectivity index (χ0) is 18.0. The van der Waals surface area contributed by atoms with Crippen LogP contribution in [-0.2, 0) is 0 Å². The molecule has 2 aliphatic heterocycles. The standard InChI is InChI=1S/C21H24IN3S/c1-2-25-19-5-3-4-6-20(19)26-21(25,22)12-11-17-7-9-18(10-8-17)24-15-13-23-14-16-24/h3-12,23H,2,13-16H2,1H3. The van der Waals surface area contributed by atoms with Crippen LogP contribution in [-0.4, -0.2) is 35.6 Å². The number of halogens is 1. The smallest absolute Gasteiger partial charge is 0.162 e. The van der Waals surface area contributed by atoms with Crippen molar-refractivity contribution in [2.75, 3.05) is 42.5 Å². The first kappa shape index (κ1) is 18.2. The number of thioether (sulfide) groups is 1. The summed E-state index contributed by atoms with van der Waals surface area (Å²) in [6.07, 6.45) is 4.59. The SMILES string of the molecule is CCN1c2ccccc2SC1(I)C=Cc1ccc(N2CCNCC2)cc1. The van der Waals surface area contributed by atoms with E-state index in [1.165, 1.54) is 21.8 Å². The first-order valence-corrected chi connectivity index (χ1v) is 11.1. The highest BCUT2D eigenvalue weighted by Crippen LogP contribution is 2.54. The maximum Gasteiger partial charge on any atom is 0.162 e. The van der Waals surface area contributed by atoms with Gasteiger partial charge in [-0.25, -0.2) is 0 Å².